The van der Waals surface area contributed by atoms with Gasteiger partial charge in [-0.05, 0) is 80.5 Å². The van der Waals surface area contributed by atoms with Gasteiger partial charge in [-0.2, -0.15) is 0 Å². The summed E-state index contributed by atoms with van der Waals surface area (Å²) in [6, 6.07) is 27.4. The number of rotatable bonds is 18. The molecule has 0 saturated carbocycles. The summed E-state index contributed by atoms with van der Waals surface area (Å²) in [6.07, 6.45) is 4.09. The van der Waals surface area contributed by atoms with E-state index in [1.165, 1.54) is 29.8 Å². The Morgan fingerprint density at radius 3 is 1.69 bits per heavy atom. The first-order valence-electron chi connectivity index (χ1n) is 23.2. The SMILES string of the molecule is C=CCOC(=O)[C@H]1C[C@H](O)CN1C.C=CCOC(=O)[C@H]1C[C@H](Oc2cccc(C(=N)NC(=O)OCc3ccc(OCC)cc3)c2)CN1C.CCCc1ccc(COC(=O)NC(=N)c2cccc(O)c2)cc1. The lowest BCUT2D eigenvalue weighted by molar-refractivity contribution is -0.148. The first kappa shape index (κ1) is 56.1. The van der Waals surface area contributed by atoms with Crippen LogP contribution in [0.1, 0.15) is 60.9 Å². The Hall–Kier alpha value is -7.54. The maximum Gasteiger partial charge on any atom is 0.413 e. The molecule has 71 heavy (non-hydrogen) atoms. The van der Waals surface area contributed by atoms with Gasteiger partial charge in [0.15, 0.2) is 0 Å². The number of phenols is 1. The number of likely N-dealkylation sites (N-methyl/N-ethyl adjacent to an activating group) is 2. The van der Waals surface area contributed by atoms with E-state index >= 15 is 0 Å². The van der Waals surface area contributed by atoms with Crippen molar-refractivity contribution in [2.45, 2.75) is 77.0 Å². The van der Waals surface area contributed by atoms with E-state index in [2.05, 4.69) is 30.7 Å². The van der Waals surface area contributed by atoms with Crippen molar-refractivity contribution in [2.24, 2.45) is 0 Å². The Morgan fingerprint density at radius 2 is 1.18 bits per heavy atom. The molecule has 0 aromatic heterocycles. The predicted octanol–water partition coefficient (Wildman–Crippen LogP) is 6.89. The van der Waals surface area contributed by atoms with E-state index in [0.29, 0.717) is 49.4 Å². The fourth-order valence-electron chi connectivity index (χ4n) is 7.27. The molecule has 2 aliphatic rings. The highest BCUT2D eigenvalue weighted by Crippen LogP contribution is 2.24. The minimum absolute atomic E-state index is 0.0367. The number of phenolic OH excluding ortho intramolecular Hbond substituents is 1. The van der Waals surface area contributed by atoms with Crippen molar-refractivity contribution in [3.05, 3.63) is 150 Å². The quantitative estimate of drug-likeness (QED) is 0.0196. The standard InChI is InChI=1S/C26H31N3O6.C18H20N2O3.C9H15NO3/c1-4-13-33-25(30)23-15-22(16-29(23)3)35-21-8-6-7-19(14-21)24(27)28-26(31)34-17-18-9-11-20(12-10-18)32-5-2;1-2-4-13-7-9-14(10-8-13)12-23-18(22)20-17(19)15-5-3-6-16(21)11-15;1-3-4-13-9(12)8-5-7(11)6-10(8)2/h4,6-12,14,22-23H,1,5,13,15-17H2,2-3H3,(H2,27,28,31);3,5-11,21H,2,4,12H2,1H3,(H2,19,20,22);3,7-8,11H,1,4-6H2,2H3/t22-,23+;;7-,8+/m0.0/s1. The molecule has 18 nitrogen and oxygen atoms in total. The summed E-state index contributed by atoms with van der Waals surface area (Å²) in [4.78, 5) is 51.1. The van der Waals surface area contributed by atoms with Gasteiger partial charge in [-0.25, -0.2) is 9.59 Å². The summed E-state index contributed by atoms with van der Waals surface area (Å²) in [7, 11) is 3.65. The molecule has 0 aliphatic carbocycles. The molecule has 6 rings (SSSR count). The summed E-state index contributed by atoms with van der Waals surface area (Å²) in [5, 5.41) is 39.4. The smallest absolute Gasteiger partial charge is 0.413 e. The molecule has 2 amide bonds. The van der Waals surface area contributed by atoms with Crippen LogP contribution in [0.3, 0.4) is 0 Å². The van der Waals surface area contributed by atoms with Crippen molar-refractivity contribution in [3.8, 4) is 17.2 Å². The van der Waals surface area contributed by atoms with E-state index in [4.69, 9.17) is 39.2 Å². The molecule has 2 fully saturated rings. The number of nitrogens with one attached hydrogen (secondary N) is 4. The highest BCUT2D eigenvalue weighted by Gasteiger charge is 2.37. The third kappa shape index (κ3) is 19.4. The normalized spacial score (nSPS) is 17.1. The molecule has 0 radical (unpaired) electrons. The van der Waals surface area contributed by atoms with Gasteiger partial charge in [-0.1, -0.05) is 99.3 Å². The largest absolute Gasteiger partial charge is 0.508 e. The Balaban J connectivity index is 0.000000259. The van der Waals surface area contributed by atoms with Gasteiger partial charge in [-0.15, -0.1) is 0 Å². The number of aliphatic hydroxyl groups is 1. The summed E-state index contributed by atoms with van der Waals surface area (Å²) in [5.74, 6) is 0.508. The number of nitrogens with zero attached hydrogens (tertiary/aromatic N) is 2. The highest BCUT2D eigenvalue weighted by atomic mass is 16.6. The van der Waals surface area contributed by atoms with Crippen molar-refractivity contribution in [2.75, 3.05) is 47.0 Å². The molecule has 4 aromatic rings. The van der Waals surface area contributed by atoms with Gasteiger partial charge < -0.3 is 38.6 Å². The van der Waals surface area contributed by atoms with E-state index in [-0.39, 0.29) is 74.0 Å². The number of aryl methyl sites for hydroxylation is 1. The van der Waals surface area contributed by atoms with Gasteiger partial charge in [0, 0.05) is 37.1 Å². The van der Waals surface area contributed by atoms with Crippen LogP contribution >= 0.6 is 0 Å². The van der Waals surface area contributed by atoms with E-state index in [1.54, 1.807) is 48.3 Å². The van der Waals surface area contributed by atoms with Crippen LogP contribution in [-0.2, 0) is 48.2 Å². The lowest BCUT2D eigenvalue weighted by atomic mass is 10.1. The Bertz CT molecular complexity index is 2400. The monoisotopic (exact) mass is 978 g/mol. The van der Waals surface area contributed by atoms with Crippen LogP contribution in [0.5, 0.6) is 17.2 Å². The fraction of sp³-hybridized carbons (Fsp3) is 0.358. The average molecular weight is 979 g/mol. The molecule has 0 bridgehead atoms. The summed E-state index contributed by atoms with van der Waals surface area (Å²) < 4.78 is 31.8. The number of carbonyl (C=O) groups is 4. The topological polar surface area (TPSA) is 242 Å². The minimum Gasteiger partial charge on any atom is -0.508 e. The molecule has 2 heterocycles. The molecule has 0 spiro atoms. The van der Waals surface area contributed by atoms with Crippen LogP contribution in [0.25, 0.3) is 0 Å². The zero-order chi connectivity index (χ0) is 51.7. The molecular weight excluding hydrogens is 913 g/mol. The third-order valence-corrected chi connectivity index (χ3v) is 10.8. The van der Waals surface area contributed by atoms with Crippen molar-refractivity contribution < 1.29 is 57.8 Å². The number of ether oxygens (including phenoxy) is 6. The van der Waals surface area contributed by atoms with Gasteiger partial charge in [0.2, 0.25) is 0 Å². The summed E-state index contributed by atoms with van der Waals surface area (Å²) >= 11 is 0. The lowest BCUT2D eigenvalue weighted by Gasteiger charge is -2.16. The number of alkyl carbamates (subject to hydrolysis) is 2. The maximum absolute atomic E-state index is 12.2. The molecular formula is C53H66N6O12. The number of β-amino-alcohol motifs (C(OH)–C–C–N with tert-alkyl or cyclic N) is 1. The zero-order valence-electron chi connectivity index (χ0n) is 40.8. The minimum atomic E-state index is -0.728. The van der Waals surface area contributed by atoms with Crippen LogP contribution < -0.4 is 20.1 Å². The molecule has 4 atom stereocenters. The Morgan fingerprint density at radius 1 is 0.676 bits per heavy atom. The van der Waals surface area contributed by atoms with Crippen molar-refractivity contribution in [1.82, 2.24) is 20.4 Å². The van der Waals surface area contributed by atoms with E-state index in [1.807, 2.05) is 67.4 Å². The van der Waals surface area contributed by atoms with Gasteiger partial charge in [-0.3, -0.25) is 40.8 Å². The zero-order valence-corrected chi connectivity index (χ0v) is 40.8. The predicted molar refractivity (Wildman–Crippen MR) is 268 cm³/mol. The van der Waals surface area contributed by atoms with Gasteiger partial charge in [0.05, 0.1) is 12.7 Å². The van der Waals surface area contributed by atoms with E-state index < -0.39 is 18.3 Å². The second-order valence-electron chi connectivity index (χ2n) is 16.5. The molecule has 2 saturated heterocycles. The molecule has 18 heteroatoms. The van der Waals surface area contributed by atoms with Gasteiger partial charge in [0.25, 0.3) is 0 Å². The maximum atomic E-state index is 12.2. The number of carbonyl (C=O) groups excluding carboxylic acids is 4. The number of amides is 2. The Kier molecular flexibility index (Phi) is 23.3. The Labute approximate surface area is 415 Å². The van der Waals surface area contributed by atoms with Crippen LogP contribution in [-0.4, -0.2) is 127 Å². The molecule has 380 valence electrons. The van der Waals surface area contributed by atoms with Gasteiger partial charge in [0.1, 0.15) is 73.5 Å². The second kappa shape index (κ2) is 29.5. The number of esters is 2. The third-order valence-electron chi connectivity index (χ3n) is 10.8. The highest BCUT2D eigenvalue weighted by molar-refractivity contribution is 6.05. The number of benzene rings is 4. The van der Waals surface area contributed by atoms with E-state index in [0.717, 1.165) is 29.7 Å². The van der Waals surface area contributed by atoms with E-state index in [9.17, 15) is 29.4 Å². The average Bonchev–Trinajstić information content (AvgIpc) is 3.91. The molecule has 4 aromatic carbocycles. The van der Waals surface area contributed by atoms with Gasteiger partial charge >= 0.3 is 24.1 Å². The van der Waals surface area contributed by atoms with Crippen LogP contribution in [0.2, 0.25) is 0 Å². The number of hydrogen-bond donors (Lipinski definition) is 6. The first-order valence-corrected chi connectivity index (χ1v) is 23.2. The molecule has 6 N–H and O–H groups in total. The number of aliphatic hydroxyl groups excluding tert-OH is 1. The number of aromatic hydroxyl groups is 1. The van der Waals surface area contributed by atoms with Crippen LogP contribution in [0, 0.1) is 10.8 Å². The van der Waals surface area contributed by atoms with Crippen LogP contribution in [0.15, 0.2) is 122 Å². The lowest BCUT2D eigenvalue weighted by Crippen LogP contribution is -2.34. The number of hydrogen-bond acceptors (Lipinski definition) is 16. The second-order valence-corrected chi connectivity index (χ2v) is 16.5. The number of likely N-dealkylation sites (tertiary alicyclic amines) is 2. The first-order chi connectivity index (χ1) is 34.1. The van der Waals surface area contributed by atoms with Crippen molar-refractivity contribution >= 4 is 35.8 Å². The number of amidine groups is 2. The molecule has 2 aliphatic heterocycles. The molecule has 0 unspecified atom stereocenters. The van der Waals surface area contributed by atoms with Crippen LogP contribution in [0.4, 0.5) is 9.59 Å². The van der Waals surface area contributed by atoms with Crippen molar-refractivity contribution in [3.63, 3.8) is 0 Å². The summed E-state index contributed by atoms with van der Waals surface area (Å²) in [5.41, 5.74) is 3.83. The van der Waals surface area contributed by atoms with Crippen molar-refractivity contribution in [1.29, 1.82) is 10.8 Å². The summed E-state index contributed by atoms with van der Waals surface area (Å²) in [6.45, 7) is 13.3. The fourth-order valence-corrected chi connectivity index (χ4v) is 7.27.